The summed E-state index contributed by atoms with van der Waals surface area (Å²) in [5.74, 6) is 0.634. The van der Waals surface area contributed by atoms with Crippen LogP contribution in [0.25, 0.3) is 0 Å². The number of nitrogens with two attached hydrogens (primary N) is 1. The number of nitrogen functional groups attached to an aromatic ring is 1. The Morgan fingerprint density at radius 1 is 1.12 bits per heavy atom. The van der Waals surface area contributed by atoms with Gasteiger partial charge in [-0.2, -0.15) is 0 Å². The molecule has 0 amide bonds. The van der Waals surface area contributed by atoms with Crippen LogP contribution in [0.3, 0.4) is 0 Å². The fourth-order valence-electron chi connectivity index (χ4n) is 1.32. The number of pyridine rings is 1. The Hall–Kier alpha value is -1.09. The largest absolute Gasteiger partial charge is 0.383 e. The van der Waals surface area contributed by atoms with Crippen molar-refractivity contribution in [3.8, 4) is 0 Å². The second-order valence-electron chi connectivity index (χ2n) is 3.76. The molecule has 0 aliphatic carbocycles. The van der Waals surface area contributed by atoms with E-state index in [9.17, 15) is 0 Å². The zero-order valence-electron chi connectivity index (χ0n) is 11.2. The van der Waals surface area contributed by atoms with Crippen LogP contribution >= 0.6 is 0 Å². The van der Waals surface area contributed by atoms with Gasteiger partial charge in [-0.3, -0.25) is 0 Å². The molecule has 0 unspecified atom stereocenters. The number of anilines is 1. The highest BCUT2D eigenvalue weighted by atomic mass is 15.1. The quantitative estimate of drug-likeness (QED) is 0.856. The van der Waals surface area contributed by atoms with E-state index in [0.29, 0.717) is 5.82 Å². The van der Waals surface area contributed by atoms with Gasteiger partial charge in [-0.05, 0) is 50.7 Å². The normalized spacial score (nSPS) is 9.88. The Kier molecular flexibility index (Phi) is 7.56. The molecule has 0 atom stereocenters. The number of aromatic nitrogens is 1. The average Bonchev–Trinajstić information content (AvgIpc) is 2.29. The maximum atomic E-state index is 5.51. The van der Waals surface area contributed by atoms with Crippen molar-refractivity contribution < 1.29 is 0 Å². The predicted molar refractivity (Wildman–Crippen MR) is 71.6 cm³/mol. The van der Waals surface area contributed by atoms with Crippen LogP contribution in [0.1, 0.15) is 31.9 Å². The maximum Gasteiger partial charge on any atom is 0.126 e. The fourth-order valence-corrected chi connectivity index (χ4v) is 1.32. The Morgan fingerprint density at radius 3 is 1.88 bits per heavy atom. The summed E-state index contributed by atoms with van der Waals surface area (Å²) < 4.78 is 0. The van der Waals surface area contributed by atoms with Crippen LogP contribution in [-0.4, -0.2) is 29.5 Å². The van der Waals surface area contributed by atoms with Crippen molar-refractivity contribution >= 4 is 5.82 Å². The van der Waals surface area contributed by atoms with Crippen molar-refractivity contribution in [3.63, 3.8) is 0 Å². The lowest BCUT2D eigenvalue weighted by Crippen LogP contribution is -2.21. The molecular weight excluding hydrogens is 198 g/mol. The minimum Gasteiger partial charge on any atom is -0.383 e. The Morgan fingerprint density at radius 2 is 1.62 bits per heavy atom. The monoisotopic (exact) mass is 223 g/mol. The third-order valence-electron chi connectivity index (χ3n) is 2.86. The molecule has 3 heteroatoms. The highest BCUT2D eigenvalue weighted by molar-refractivity contribution is 5.42. The van der Waals surface area contributed by atoms with E-state index in [4.69, 9.17) is 5.73 Å². The van der Waals surface area contributed by atoms with Crippen LogP contribution in [0, 0.1) is 13.8 Å². The van der Waals surface area contributed by atoms with Crippen molar-refractivity contribution in [3.05, 3.63) is 23.4 Å². The molecule has 0 bridgehead atoms. The summed E-state index contributed by atoms with van der Waals surface area (Å²) in [4.78, 5) is 6.29. The topological polar surface area (TPSA) is 42.2 Å². The van der Waals surface area contributed by atoms with Gasteiger partial charge in [-0.15, -0.1) is 0 Å². The zero-order valence-corrected chi connectivity index (χ0v) is 11.2. The van der Waals surface area contributed by atoms with E-state index in [0.717, 1.165) is 5.56 Å². The third-order valence-corrected chi connectivity index (χ3v) is 2.86. The van der Waals surface area contributed by atoms with E-state index in [2.05, 4.69) is 30.7 Å². The van der Waals surface area contributed by atoms with Crippen LogP contribution < -0.4 is 5.73 Å². The molecule has 0 radical (unpaired) electrons. The van der Waals surface area contributed by atoms with Gasteiger partial charge in [0.15, 0.2) is 0 Å². The summed E-state index contributed by atoms with van der Waals surface area (Å²) in [7, 11) is 0. The van der Waals surface area contributed by atoms with Gasteiger partial charge >= 0.3 is 0 Å². The number of nitrogens with zero attached hydrogens (tertiary/aromatic N) is 2. The van der Waals surface area contributed by atoms with Gasteiger partial charge in [0.05, 0.1) is 0 Å². The molecule has 1 heterocycles. The molecule has 2 N–H and O–H groups in total. The Balaban J connectivity index is 0.000000293. The average molecular weight is 223 g/mol. The minimum atomic E-state index is 0.634. The van der Waals surface area contributed by atoms with E-state index in [1.165, 1.54) is 25.2 Å². The van der Waals surface area contributed by atoms with E-state index in [1.54, 1.807) is 6.20 Å². The zero-order chi connectivity index (χ0) is 12.6. The van der Waals surface area contributed by atoms with Crippen LogP contribution in [0.4, 0.5) is 5.82 Å². The van der Waals surface area contributed by atoms with Gasteiger partial charge < -0.3 is 10.6 Å². The first-order valence-electron chi connectivity index (χ1n) is 5.96. The second-order valence-corrected chi connectivity index (χ2v) is 3.76. The van der Waals surface area contributed by atoms with Gasteiger partial charge in [0.25, 0.3) is 0 Å². The first-order valence-corrected chi connectivity index (χ1v) is 5.96. The standard InChI is InChI=1S/C7H10N2.C6H15N/c1-5-3-4-9-7(8)6(5)2;1-4-7(5-2)6-3/h3-4H,1-2H3,(H2,8,9);4-6H2,1-3H3. The Labute approximate surface area is 99.7 Å². The smallest absolute Gasteiger partial charge is 0.126 e. The Bertz CT molecular complexity index is 267. The molecule has 92 valence electrons. The highest BCUT2D eigenvalue weighted by Gasteiger charge is 1.94. The van der Waals surface area contributed by atoms with Gasteiger partial charge in [-0.1, -0.05) is 20.8 Å². The van der Waals surface area contributed by atoms with E-state index in [-0.39, 0.29) is 0 Å². The van der Waals surface area contributed by atoms with Crippen molar-refractivity contribution in [1.29, 1.82) is 0 Å². The van der Waals surface area contributed by atoms with Crippen molar-refractivity contribution in [2.24, 2.45) is 0 Å². The van der Waals surface area contributed by atoms with E-state index in [1.807, 2.05) is 19.9 Å². The molecule has 0 aliphatic rings. The molecule has 0 aliphatic heterocycles. The third kappa shape index (κ3) is 5.12. The maximum absolute atomic E-state index is 5.51. The number of hydrogen-bond donors (Lipinski definition) is 1. The fraction of sp³-hybridized carbons (Fsp3) is 0.615. The molecule has 0 spiro atoms. The molecular formula is C13H25N3. The van der Waals surface area contributed by atoms with E-state index < -0.39 is 0 Å². The van der Waals surface area contributed by atoms with E-state index >= 15 is 0 Å². The summed E-state index contributed by atoms with van der Waals surface area (Å²) in [6, 6.07) is 1.95. The first-order chi connectivity index (χ1) is 7.56. The molecule has 0 aromatic carbocycles. The molecule has 0 saturated heterocycles. The van der Waals surface area contributed by atoms with Crippen molar-refractivity contribution in [2.75, 3.05) is 25.4 Å². The molecule has 1 aromatic heterocycles. The SMILES string of the molecule is CCN(CC)CC.Cc1ccnc(N)c1C. The van der Waals surface area contributed by atoms with Gasteiger partial charge in [0.1, 0.15) is 5.82 Å². The minimum absolute atomic E-state index is 0.634. The van der Waals surface area contributed by atoms with Crippen LogP contribution in [0.5, 0.6) is 0 Å². The summed E-state index contributed by atoms with van der Waals surface area (Å²) in [5, 5.41) is 0. The summed E-state index contributed by atoms with van der Waals surface area (Å²) in [6.45, 7) is 14.1. The summed E-state index contributed by atoms with van der Waals surface area (Å²) in [5.41, 5.74) is 7.79. The van der Waals surface area contributed by atoms with Crippen LogP contribution in [0.2, 0.25) is 0 Å². The number of aryl methyl sites for hydroxylation is 1. The van der Waals surface area contributed by atoms with Gasteiger partial charge in [0, 0.05) is 6.20 Å². The van der Waals surface area contributed by atoms with Gasteiger partial charge in [0.2, 0.25) is 0 Å². The molecule has 0 fully saturated rings. The lowest BCUT2D eigenvalue weighted by Gasteiger charge is -2.13. The summed E-state index contributed by atoms with van der Waals surface area (Å²) in [6.07, 6.45) is 1.72. The molecule has 1 rings (SSSR count). The lowest BCUT2D eigenvalue weighted by molar-refractivity contribution is 0.321. The van der Waals surface area contributed by atoms with Crippen molar-refractivity contribution in [1.82, 2.24) is 9.88 Å². The predicted octanol–water partition coefficient (Wildman–Crippen LogP) is 2.63. The second kappa shape index (κ2) is 8.11. The van der Waals surface area contributed by atoms with Gasteiger partial charge in [-0.25, -0.2) is 4.98 Å². The summed E-state index contributed by atoms with van der Waals surface area (Å²) >= 11 is 0. The molecule has 16 heavy (non-hydrogen) atoms. The molecule has 0 saturated carbocycles. The van der Waals surface area contributed by atoms with Crippen LogP contribution in [0.15, 0.2) is 12.3 Å². The molecule has 3 nitrogen and oxygen atoms in total. The first kappa shape index (κ1) is 14.9. The van der Waals surface area contributed by atoms with Crippen LogP contribution in [-0.2, 0) is 0 Å². The van der Waals surface area contributed by atoms with Crippen molar-refractivity contribution in [2.45, 2.75) is 34.6 Å². The lowest BCUT2D eigenvalue weighted by atomic mass is 10.2. The number of hydrogen-bond acceptors (Lipinski definition) is 3. The highest BCUT2D eigenvalue weighted by Crippen LogP contribution is 2.09. The number of rotatable bonds is 3. The molecule has 1 aromatic rings.